The summed E-state index contributed by atoms with van der Waals surface area (Å²) in [4.78, 5) is 16.0. The van der Waals surface area contributed by atoms with Crippen LogP contribution in [0, 0.1) is 11.6 Å². The van der Waals surface area contributed by atoms with Crippen molar-refractivity contribution in [3.05, 3.63) is 99.3 Å². The van der Waals surface area contributed by atoms with Crippen LogP contribution in [-0.2, 0) is 26.0 Å². The minimum absolute atomic E-state index is 0.0302. The van der Waals surface area contributed by atoms with E-state index in [0.29, 0.717) is 38.9 Å². The van der Waals surface area contributed by atoms with Gasteiger partial charge < -0.3 is 14.3 Å². The number of unbranched alkanes of at least 4 members (excludes halogenated alkanes) is 1. The third kappa shape index (κ3) is 9.56. The summed E-state index contributed by atoms with van der Waals surface area (Å²) >= 11 is 13.9. The summed E-state index contributed by atoms with van der Waals surface area (Å²) in [6.45, 7) is 4.77. The molecule has 0 fully saturated rings. The zero-order chi connectivity index (χ0) is 37.0. The first kappa shape index (κ1) is 39.6. The Bertz CT molecular complexity index is 1930. The summed E-state index contributed by atoms with van der Waals surface area (Å²) in [7, 11) is 3.14. The quantitative estimate of drug-likeness (QED) is 0.0683. The van der Waals surface area contributed by atoms with Crippen molar-refractivity contribution in [2.75, 3.05) is 34.8 Å². The fourth-order valence-corrected chi connectivity index (χ4v) is 8.25. The van der Waals surface area contributed by atoms with Crippen molar-refractivity contribution in [2.24, 2.45) is 0 Å². The van der Waals surface area contributed by atoms with Gasteiger partial charge in [0.15, 0.2) is 5.16 Å². The summed E-state index contributed by atoms with van der Waals surface area (Å²) in [6.07, 6.45) is 2.95. The van der Waals surface area contributed by atoms with Gasteiger partial charge in [-0.15, -0.1) is 0 Å². The molecule has 4 rings (SSSR count). The Kier molecular flexibility index (Phi) is 12.7. The maximum atomic E-state index is 15.6. The molecule has 0 saturated heterocycles. The number of rotatable bonds is 16. The number of sulfonamides is 1. The first-order valence-corrected chi connectivity index (χ1v) is 18.9. The van der Waals surface area contributed by atoms with E-state index < -0.39 is 44.0 Å². The Morgan fingerprint density at radius 2 is 1.74 bits per heavy atom. The largest absolute Gasteiger partial charge is 0.495 e. The number of aromatic nitrogens is 2. The molecule has 0 aliphatic carbocycles. The van der Waals surface area contributed by atoms with E-state index in [-0.39, 0.29) is 22.8 Å². The van der Waals surface area contributed by atoms with Gasteiger partial charge in [0, 0.05) is 27.4 Å². The number of quaternary nitrogens is 1. The number of thioether (sulfide) groups is 1. The van der Waals surface area contributed by atoms with Gasteiger partial charge in [-0.3, -0.25) is 9.36 Å². The van der Waals surface area contributed by atoms with Gasteiger partial charge in [0.2, 0.25) is 10.0 Å². The fourth-order valence-electron chi connectivity index (χ4n) is 5.35. The number of ether oxygens (including phenoxy) is 1. The number of carboxylic acids is 1. The number of hydrogen-bond acceptors (Lipinski definition) is 6. The van der Waals surface area contributed by atoms with Gasteiger partial charge in [-0.05, 0) is 73.4 Å². The lowest BCUT2D eigenvalue weighted by Crippen LogP contribution is -2.41. The van der Waals surface area contributed by atoms with Crippen LogP contribution >= 0.6 is 35.0 Å². The van der Waals surface area contributed by atoms with E-state index in [0.717, 1.165) is 41.7 Å². The van der Waals surface area contributed by atoms with E-state index in [1.165, 1.54) is 19.2 Å². The number of nitrogens with one attached hydrogen (secondary N) is 1. The molecule has 15 heteroatoms. The second-order valence-corrected chi connectivity index (χ2v) is 16.9. The molecule has 0 spiro atoms. The van der Waals surface area contributed by atoms with Gasteiger partial charge in [-0.2, -0.15) is 4.72 Å². The number of halogens is 4. The summed E-state index contributed by atoms with van der Waals surface area (Å²) in [5.41, 5.74) is 1.58. The maximum absolute atomic E-state index is 15.6. The molecule has 1 heterocycles. The van der Waals surface area contributed by atoms with E-state index in [9.17, 15) is 22.7 Å². The van der Waals surface area contributed by atoms with Crippen LogP contribution in [0.25, 0.3) is 5.69 Å². The molecule has 270 valence electrons. The number of imidazole rings is 1. The molecule has 3 aromatic carbocycles. The van der Waals surface area contributed by atoms with E-state index in [1.807, 2.05) is 51.7 Å². The molecular weight excluding hydrogens is 729 g/mol. The summed E-state index contributed by atoms with van der Waals surface area (Å²) in [5, 5.41) is 10.4. The number of carboxylic acid groups (broad SMARTS) is 1. The molecule has 0 saturated carbocycles. The first-order valence-electron chi connectivity index (χ1n) is 15.7. The SMILES string of the molecule is COc1cc(C(C)(C)c2cnc(SCc3c(F)cc(S(=O)(=O)N[C@H](CCCC[N+](C)(C)C)C(=O)O)cc3Cl)n2-c2ccc(F)cc2)ccc1Cl. The smallest absolute Gasteiger partial charge is 0.321 e. The van der Waals surface area contributed by atoms with E-state index >= 15 is 4.39 Å². The Balaban J connectivity index is 1.61. The van der Waals surface area contributed by atoms with E-state index in [1.54, 1.807) is 24.4 Å². The van der Waals surface area contributed by atoms with Gasteiger partial charge in [0.05, 0.1) is 56.6 Å². The molecule has 0 bridgehead atoms. The van der Waals surface area contributed by atoms with Crippen molar-refractivity contribution in [2.45, 2.75) is 60.4 Å². The Morgan fingerprint density at radius 3 is 2.34 bits per heavy atom. The lowest BCUT2D eigenvalue weighted by Gasteiger charge is -2.28. The highest BCUT2D eigenvalue weighted by molar-refractivity contribution is 7.98. The third-order valence-electron chi connectivity index (χ3n) is 8.27. The number of hydrogen-bond donors (Lipinski definition) is 2. The molecule has 2 N–H and O–H groups in total. The predicted octanol–water partition coefficient (Wildman–Crippen LogP) is 7.69. The van der Waals surface area contributed by atoms with Gasteiger partial charge in [-0.1, -0.05) is 54.9 Å². The van der Waals surface area contributed by atoms with Crippen LogP contribution in [0.4, 0.5) is 8.78 Å². The molecule has 1 aromatic heterocycles. The van der Waals surface area contributed by atoms with Crippen molar-refractivity contribution in [1.82, 2.24) is 14.3 Å². The maximum Gasteiger partial charge on any atom is 0.321 e. The van der Waals surface area contributed by atoms with Crippen LogP contribution in [0.2, 0.25) is 10.0 Å². The van der Waals surface area contributed by atoms with Gasteiger partial charge in [0.25, 0.3) is 0 Å². The zero-order valence-corrected chi connectivity index (χ0v) is 31.8. The van der Waals surface area contributed by atoms with Crippen LogP contribution in [0.5, 0.6) is 5.75 Å². The first-order chi connectivity index (χ1) is 23.3. The van der Waals surface area contributed by atoms with Gasteiger partial charge in [0.1, 0.15) is 23.4 Å². The number of methoxy groups -OCH3 is 1. The molecule has 50 heavy (non-hydrogen) atoms. The number of carbonyl (C=O) groups is 1. The lowest BCUT2D eigenvalue weighted by molar-refractivity contribution is -0.870. The fraction of sp³-hybridized carbons (Fsp3) is 0.371. The summed E-state index contributed by atoms with van der Waals surface area (Å²) < 4.78 is 66.0. The average Bonchev–Trinajstić information content (AvgIpc) is 3.46. The minimum Gasteiger partial charge on any atom is -0.495 e. The Morgan fingerprint density at radius 1 is 1.06 bits per heavy atom. The standard InChI is InChI=1S/C35H40Cl2F2N4O5S2/c1-35(2,22-10-15-27(36)31(17-22)48-6)32-20-40-34(42(32)24-13-11-23(38)12-14-24)49-21-26-28(37)18-25(19-29(26)39)50(46,47)41-30(33(44)45)9-7-8-16-43(3,4)5/h10-15,17-20,30,41H,7-9,16,21H2,1-6H3/p+1/t30-/m1/s1. The molecule has 0 aliphatic rings. The second-order valence-electron chi connectivity index (χ2n) is 13.4. The normalized spacial score (nSPS) is 13.0. The predicted molar refractivity (Wildman–Crippen MR) is 193 cm³/mol. The average molecular weight is 771 g/mol. The summed E-state index contributed by atoms with van der Waals surface area (Å²) in [6, 6.07) is 11.9. The van der Waals surface area contributed by atoms with Crippen molar-refractivity contribution >= 4 is 51.0 Å². The monoisotopic (exact) mass is 769 g/mol. The van der Waals surface area contributed by atoms with E-state index in [4.69, 9.17) is 27.9 Å². The van der Waals surface area contributed by atoms with Crippen molar-refractivity contribution in [3.8, 4) is 11.4 Å². The summed E-state index contributed by atoms with van der Waals surface area (Å²) in [5.74, 6) is -2.16. The molecule has 9 nitrogen and oxygen atoms in total. The van der Waals surface area contributed by atoms with Crippen LogP contribution in [-0.4, -0.2) is 74.4 Å². The molecule has 0 radical (unpaired) electrons. The van der Waals surface area contributed by atoms with Gasteiger partial charge in [-0.25, -0.2) is 22.2 Å². The topological polar surface area (TPSA) is 111 Å². The number of aliphatic carboxylic acids is 1. The number of benzene rings is 3. The highest BCUT2D eigenvalue weighted by Gasteiger charge is 2.31. The highest BCUT2D eigenvalue weighted by Crippen LogP contribution is 2.40. The minimum atomic E-state index is -4.42. The van der Waals surface area contributed by atoms with E-state index in [2.05, 4.69) is 9.71 Å². The Labute approximate surface area is 306 Å². The third-order valence-corrected chi connectivity index (χ3v) is 11.3. The molecule has 0 aliphatic heterocycles. The van der Waals surface area contributed by atoms with Crippen LogP contribution < -0.4 is 9.46 Å². The number of nitrogens with zero attached hydrogens (tertiary/aromatic N) is 3. The van der Waals surface area contributed by atoms with Crippen LogP contribution in [0.15, 0.2) is 70.8 Å². The second kappa shape index (κ2) is 16.0. The molecule has 4 aromatic rings. The van der Waals surface area contributed by atoms with Gasteiger partial charge >= 0.3 is 5.97 Å². The molecule has 0 unspecified atom stereocenters. The van der Waals surface area contributed by atoms with Crippen LogP contribution in [0.3, 0.4) is 0 Å². The molecule has 1 atom stereocenters. The zero-order valence-electron chi connectivity index (χ0n) is 28.6. The molecular formula is C35H41Cl2F2N4O5S2+. The van der Waals surface area contributed by atoms with Crippen molar-refractivity contribution in [3.63, 3.8) is 0 Å². The van der Waals surface area contributed by atoms with Crippen LogP contribution in [0.1, 0.15) is 49.9 Å². The highest BCUT2D eigenvalue weighted by atomic mass is 35.5. The molecule has 0 amide bonds. The van der Waals surface area contributed by atoms with Crippen molar-refractivity contribution in [1.29, 1.82) is 0 Å². The Hall–Kier alpha value is -3.20. The lowest BCUT2D eigenvalue weighted by atomic mass is 9.81. The van der Waals surface area contributed by atoms with Crippen molar-refractivity contribution < 1.29 is 36.3 Å².